The Morgan fingerprint density at radius 2 is 1.94 bits per heavy atom. The number of hydrogen-bond acceptors (Lipinski definition) is 4. The molecule has 0 spiro atoms. The highest BCUT2D eigenvalue weighted by atomic mass is 32.2. The van der Waals surface area contributed by atoms with Crippen molar-refractivity contribution in [2.45, 2.75) is 12.8 Å². The van der Waals surface area contributed by atoms with Crippen molar-refractivity contribution in [3.8, 4) is 5.75 Å². The van der Waals surface area contributed by atoms with E-state index in [1.165, 1.54) is 6.26 Å². The molecule has 0 aliphatic carbocycles. The molecule has 0 radical (unpaired) electrons. The number of amidine groups is 1. The SMILES string of the molecule is CS(=O)(=O)CCCOc1ccc(CC(=N)N)cc1. The van der Waals surface area contributed by atoms with Crippen LogP contribution in [0.5, 0.6) is 5.75 Å². The number of sulfone groups is 1. The Kier molecular flexibility index (Phi) is 5.15. The van der Waals surface area contributed by atoms with Crippen molar-refractivity contribution in [1.29, 1.82) is 5.41 Å². The van der Waals surface area contributed by atoms with Crippen LogP contribution in [-0.2, 0) is 16.3 Å². The van der Waals surface area contributed by atoms with Crippen LogP contribution in [0, 0.1) is 5.41 Å². The Balaban J connectivity index is 2.37. The van der Waals surface area contributed by atoms with Gasteiger partial charge in [-0.15, -0.1) is 0 Å². The first-order chi connectivity index (χ1) is 8.37. The smallest absolute Gasteiger partial charge is 0.147 e. The molecule has 6 heteroatoms. The van der Waals surface area contributed by atoms with Crippen LogP contribution in [0.3, 0.4) is 0 Å². The molecule has 0 atom stereocenters. The molecule has 100 valence electrons. The molecule has 0 saturated heterocycles. The van der Waals surface area contributed by atoms with Crippen molar-refractivity contribution in [2.24, 2.45) is 5.73 Å². The van der Waals surface area contributed by atoms with E-state index in [1.807, 2.05) is 12.1 Å². The van der Waals surface area contributed by atoms with Crippen LogP contribution in [0.15, 0.2) is 24.3 Å². The van der Waals surface area contributed by atoms with Crippen molar-refractivity contribution in [2.75, 3.05) is 18.6 Å². The Labute approximate surface area is 107 Å². The zero-order chi connectivity index (χ0) is 13.6. The lowest BCUT2D eigenvalue weighted by Gasteiger charge is -2.06. The maximum atomic E-state index is 10.9. The standard InChI is InChI=1S/C12H18N2O3S/c1-18(15,16)8-2-7-17-11-5-3-10(4-6-11)9-12(13)14/h3-6H,2,7-9H2,1H3,(H3,13,14). The second-order valence-corrected chi connectivity index (χ2v) is 6.44. The molecule has 0 aromatic heterocycles. The van der Waals surface area contributed by atoms with Gasteiger partial charge in [0.05, 0.1) is 18.2 Å². The fourth-order valence-electron chi connectivity index (χ4n) is 1.43. The minimum Gasteiger partial charge on any atom is -0.494 e. The lowest BCUT2D eigenvalue weighted by atomic mass is 10.1. The first-order valence-corrected chi connectivity index (χ1v) is 7.65. The minimum absolute atomic E-state index is 0.122. The fourth-order valence-corrected chi connectivity index (χ4v) is 2.08. The molecule has 0 heterocycles. The molecule has 0 aliphatic heterocycles. The van der Waals surface area contributed by atoms with Crippen molar-refractivity contribution in [1.82, 2.24) is 0 Å². The summed E-state index contributed by atoms with van der Waals surface area (Å²) in [4.78, 5) is 0. The fraction of sp³-hybridized carbons (Fsp3) is 0.417. The van der Waals surface area contributed by atoms with Crippen LogP contribution in [0.25, 0.3) is 0 Å². The van der Waals surface area contributed by atoms with Crippen molar-refractivity contribution in [3.05, 3.63) is 29.8 Å². The molecular formula is C12H18N2O3S. The van der Waals surface area contributed by atoms with Gasteiger partial charge in [0, 0.05) is 12.7 Å². The zero-order valence-electron chi connectivity index (χ0n) is 10.3. The van der Waals surface area contributed by atoms with Gasteiger partial charge in [-0.05, 0) is 24.1 Å². The number of nitrogens with two attached hydrogens (primary N) is 1. The van der Waals surface area contributed by atoms with Gasteiger partial charge in [0.15, 0.2) is 0 Å². The van der Waals surface area contributed by atoms with Gasteiger partial charge in [-0.3, -0.25) is 5.41 Å². The normalized spacial score (nSPS) is 11.2. The van der Waals surface area contributed by atoms with Gasteiger partial charge in [0.25, 0.3) is 0 Å². The average Bonchev–Trinajstić information content (AvgIpc) is 2.24. The number of benzene rings is 1. The maximum absolute atomic E-state index is 10.9. The summed E-state index contributed by atoms with van der Waals surface area (Å²) in [5, 5.41) is 7.17. The lowest BCUT2D eigenvalue weighted by molar-refractivity contribution is 0.317. The molecule has 0 bridgehead atoms. The van der Waals surface area contributed by atoms with E-state index in [0.717, 1.165) is 5.56 Å². The Morgan fingerprint density at radius 1 is 1.33 bits per heavy atom. The van der Waals surface area contributed by atoms with Gasteiger partial charge in [-0.2, -0.15) is 0 Å². The predicted octanol–water partition coefficient (Wildman–Crippen LogP) is 0.979. The number of rotatable bonds is 7. The summed E-state index contributed by atoms with van der Waals surface area (Å²) in [6, 6.07) is 7.26. The van der Waals surface area contributed by atoms with E-state index in [1.54, 1.807) is 12.1 Å². The largest absolute Gasteiger partial charge is 0.494 e. The van der Waals surface area contributed by atoms with Crippen LogP contribution >= 0.6 is 0 Å². The maximum Gasteiger partial charge on any atom is 0.147 e. The van der Waals surface area contributed by atoms with E-state index in [4.69, 9.17) is 15.9 Å². The van der Waals surface area contributed by atoms with Crippen molar-refractivity contribution < 1.29 is 13.2 Å². The molecule has 1 aromatic carbocycles. The molecule has 18 heavy (non-hydrogen) atoms. The van der Waals surface area contributed by atoms with Crippen molar-refractivity contribution in [3.63, 3.8) is 0 Å². The van der Waals surface area contributed by atoms with Gasteiger partial charge in [0.1, 0.15) is 15.6 Å². The molecule has 0 fully saturated rings. The molecule has 0 saturated carbocycles. The van der Waals surface area contributed by atoms with Gasteiger partial charge in [-0.1, -0.05) is 12.1 Å². The third-order valence-corrected chi connectivity index (χ3v) is 3.28. The summed E-state index contributed by atoms with van der Waals surface area (Å²) in [6.45, 7) is 0.374. The predicted molar refractivity (Wildman–Crippen MR) is 71.9 cm³/mol. The van der Waals surface area contributed by atoms with Crippen LogP contribution < -0.4 is 10.5 Å². The molecule has 0 unspecified atom stereocenters. The highest BCUT2D eigenvalue weighted by Gasteiger charge is 2.02. The van der Waals surface area contributed by atoms with Crippen molar-refractivity contribution >= 4 is 15.7 Å². The van der Waals surface area contributed by atoms with E-state index < -0.39 is 9.84 Å². The second kappa shape index (κ2) is 6.39. The topological polar surface area (TPSA) is 93.2 Å². The molecule has 0 amide bonds. The summed E-state index contributed by atoms with van der Waals surface area (Å²) in [5.74, 6) is 0.947. The van der Waals surface area contributed by atoms with Gasteiger partial charge >= 0.3 is 0 Å². The van der Waals surface area contributed by atoms with Crippen LogP contribution in [-0.4, -0.2) is 32.9 Å². The number of nitrogens with one attached hydrogen (secondary N) is 1. The minimum atomic E-state index is -2.92. The average molecular weight is 270 g/mol. The third-order valence-electron chi connectivity index (χ3n) is 2.25. The van der Waals surface area contributed by atoms with Gasteiger partial charge in [0.2, 0.25) is 0 Å². The molecule has 5 nitrogen and oxygen atoms in total. The number of hydrogen-bond donors (Lipinski definition) is 2. The monoisotopic (exact) mass is 270 g/mol. The number of ether oxygens (including phenoxy) is 1. The van der Waals surface area contributed by atoms with Crippen LogP contribution in [0.2, 0.25) is 0 Å². The first kappa shape index (κ1) is 14.5. The van der Waals surface area contributed by atoms with E-state index >= 15 is 0 Å². The molecule has 1 rings (SSSR count). The molecular weight excluding hydrogens is 252 g/mol. The van der Waals surface area contributed by atoms with E-state index in [2.05, 4.69) is 0 Å². The Hall–Kier alpha value is -1.56. The van der Waals surface area contributed by atoms with Crippen LogP contribution in [0.4, 0.5) is 0 Å². The quantitative estimate of drug-likeness (QED) is 0.439. The zero-order valence-corrected chi connectivity index (χ0v) is 11.2. The summed E-state index contributed by atoms with van der Waals surface area (Å²) < 4.78 is 27.2. The first-order valence-electron chi connectivity index (χ1n) is 5.59. The van der Waals surface area contributed by atoms with E-state index in [9.17, 15) is 8.42 Å². The van der Waals surface area contributed by atoms with Gasteiger partial charge < -0.3 is 10.5 Å². The highest BCUT2D eigenvalue weighted by Crippen LogP contribution is 2.12. The van der Waals surface area contributed by atoms with Crippen LogP contribution in [0.1, 0.15) is 12.0 Å². The van der Waals surface area contributed by atoms with Gasteiger partial charge in [-0.25, -0.2) is 8.42 Å². The molecule has 3 N–H and O–H groups in total. The van der Waals surface area contributed by atoms with E-state index in [0.29, 0.717) is 25.2 Å². The summed E-state index contributed by atoms with van der Waals surface area (Å²) in [7, 11) is -2.92. The van der Waals surface area contributed by atoms with E-state index in [-0.39, 0.29) is 11.6 Å². The highest BCUT2D eigenvalue weighted by molar-refractivity contribution is 7.90. The summed E-state index contributed by atoms with van der Waals surface area (Å²) in [6.07, 6.45) is 2.12. The Morgan fingerprint density at radius 3 is 2.44 bits per heavy atom. The summed E-state index contributed by atoms with van der Waals surface area (Å²) in [5.41, 5.74) is 6.25. The second-order valence-electron chi connectivity index (χ2n) is 4.18. The molecule has 1 aromatic rings. The lowest BCUT2D eigenvalue weighted by Crippen LogP contribution is -2.12. The molecule has 0 aliphatic rings. The third kappa shape index (κ3) is 6.24. The Bertz CT molecular complexity index is 495. The summed E-state index contributed by atoms with van der Waals surface area (Å²) >= 11 is 0.